The highest BCUT2D eigenvalue weighted by Gasteiger charge is 2.27. The molecule has 5 rings (SSSR count). The van der Waals surface area contributed by atoms with Crippen LogP contribution in [0.5, 0.6) is 0 Å². The van der Waals surface area contributed by atoms with E-state index in [2.05, 4.69) is 4.98 Å². The highest BCUT2D eigenvalue weighted by atomic mass is 32.1. The van der Waals surface area contributed by atoms with Gasteiger partial charge in [0.2, 0.25) is 0 Å². The maximum absolute atomic E-state index is 13.2. The first-order valence-corrected chi connectivity index (χ1v) is 11.4. The van der Waals surface area contributed by atoms with Crippen molar-refractivity contribution in [3.63, 3.8) is 0 Å². The van der Waals surface area contributed by atoms with Crippen LogP contribution in [0.25, 0.3) is 10.2 Å². The highest BCUT2D eigenvalue weighted by molar-refractivity contribution is 7.18. The van der Waals surface area contributed by atoms with Crippen molar-refractivity contribution in [2.24, 2.45) is 0 Å². The van der Waals surface area contributed by atoms with E-state index in [0.717, 1.165) is 32.2 Å². The zero-order valence-electron chi connectivity index (χ0n) is 17.6. The number of carbonyl (C=O) groups excluding carboxylic acids is 1. The monoisotopic (exact) mass is 447 g/mol. The Morgan fingerprint density at radius 1 is 1.16 bits per heavy atom. The molecule has 162 valence electrons. The summed E-state index contributed by atoms with van der Waals surface area (Å²) in [5.41, 5.74) is 4.26. The summed E-state index contributed by atoms with van der Waals surface area (Å²) in [5, 5.41) is 0.989. The Balaban J connectivity index is 1.31. The highest BCUT2D eigenvalue weighted by Crippen LogP contribution is 2.26. The number of hydrogen-bond acceptors (Lipinski definition) is 5. The van der Waals surface area contributed by atoms with Crippen LogP contribution in [0.15, 0.2) is 60.7 Å². The lowest BCUT2D eigenvalue weighted by Crippen LogP contribution is -2.42. The third-order valence-corrected chi connectivity index (χ3v) is 6.49. The maximum atomic E-state index is 13.2. The largest absolute Gasteiger partial charge is 0.368 e. The Kier molecular flexibility index (Phi) is 5.68. The first kappa shape index (κ1) is 20.7. The molecule has 1 atom stereocenters. The minimum absolute atomic E-state index is 0.00581. The van der Waals surface area contributed by atoms with Gasteiger partial charge in [0, 0.05) is 24.2 Å². The molecule has 7 heteroatoms. The van der Waals surface area contributed by atoms with Crippen LogP contribution in [0.1, 0.15) is 38.4 Å². The van der Waals surface area contributed by atoms with Crippen molar-refractivity contribution in [2.75, 3.05) is 19.7 Å². The van der Waals surface area contributed by atoms with E-state index >= 15 is 0 Å². The second kappa shape index (κ2) is 8.76. The molecule has 2 aromatic heterocycles. The molecular weight excluding hydrogens is 425 g/mol. The summed E-state index contributed by atoms with van der Waals surface area (Å²) >= 11 is 1.59. The van der Waals surface area contributed by atoms with E-state index in [9.17, 15) is 9.18 Å². The molecule has 1 aliphatic rings. The van der Waals surface area contributed by atoms with Crippen LogP contribution in [0.2, 0.25) is 0 Å². The molecule has 0 saturated carbocycles. The summed E-state index contributed by atoms with van der Waals surface area (Å²) in [6.45, 7) is 3.42. The van der Waals surface area contributed by atoms with Gasteiger partial charge in [-0.05, 0) is 55.0 Å². The Labute approximate surface area is 189 Å². The van der Waals surface area contributed by atoms with E-state index in [1.807, 2.05) is 48.2 Å². The quantitative estimate of drug-likeness (QED) is 0.445. The fraction of sp³-hybridized carbons (Fsp3) is 0.240. The average Bonchev–Trinajstić information content (AvgIpc) is 3.19. The fourth-order valence-corrected chi connectivity index (χ4v) is 4.82. The van der Waals surface area contributed by atoms with Crippen molar-refractivity contribution in [3.8, 4) is 0 Å². The van der Waals surface area contributed by atoms with Crippen LogP contribution in [-0.4, -0.2) is 40.5 Å². The molecule has 0 N–H and O–H groups in total. The van der Waals surface area contributed by atoms with Gasteiger partial charge < -0.3 is 9.64 Å². The molecule has 3 heterocycles. The number of hydrogen-bond donors (Lipinski definition) is 0. The molecule has 0 aliphatic carbocycles. The van der Waals surface area contributed by atoms with Gasteiger partial charge in [0.15, 0.2) is 0 Å². The molecule has 0 spiro atoms. The van der Waals surface area contributed by atoms with Gasteiger partial charge in [-0.3, -0.25) is 9.78 Å². The zero-order valence-corrected chi connectivity index (χ0v) is 18.4. The van der Waals surface area contributed by atoms with Crippen molar-refractivity contribution in [1.29, 1.82) is 0 Å². The Bertz CT molecular complexity index is 1270. The number of aryl methyl sites for hydroxylation is 1. The van der Waals surface area contributed by atoms with Crippen molar-refractivity contribution in [1.82, 2.24) is 14.9 Å². The Morgan fingerprint density at radius 2 is 2.00 bits per heavy atom. The number of rotatable bonds is 4. The van der Waals surface area contributed by atoms with E-state index in [0.29, 0.717) is 31.7 Å². The lowest BCUT2D eigenvalue weighted by molar-refractivity contribution is -0.0247. The van der Waals surface area contributed by atoms with Crippen molar-refractivity contribution in [3.05, 3.63) is 94.0 Å². The van der Waals surface area contributed by atoms with Crippen molar-refractivity contribution in [2.45, 2.75) is 19.4 Å². The molecule has 1 aliphatic heterocycles. The van der Waals surface area contributed by atoms with E-state index in [-0.39, 0.29) is 17.8 Å². The third-order valence-electron chi connectivity index (χ3n) is 5.55. The molecular formula is C25H22FN3O2S. The molecule has 0 bridgehead atoms. The molecule has 32 heavy (non-hydrogen) atoms. The third kappa shape index (κ3) is 4.40. The van der Waals surface area contributed by atoms with Crippen LogP contribution in [0, 0.1) is 12.7 Å². The number of aromatic nitrogens is 2. The SMILES string of the molecule is Cc1nc2ccc(C(=O)N3CCO[C@@H](c4cccc(Cc5ccc(F)cc5)n4)C3)cc2s1. The van der Waals surface area contributed by atoms with Crippen LogP contribution in [0.4, 0.5) is 4.39 Å². The van der Waals surface area contributed by atoms with Crippen LogP contribution in [-0.2, 0) is 11.2 Å². The van der Waals surface area contributed by atoms with Gasteiger partial charge in [-0.25, -0.2) is 9.37 Å². The van der Waals surface area contributed by atoms with Gasteiger partial charge in [0.05, 0.1) is 34.1 Å². The summed E-state index contributed by atoms with van der Waals surface area (Å²) in [6, 6.07) is 17.9. The van der Waals surface area contributed by atoms with Gasteiger partial charge in [0.25, 0.3) is 5.91 Å². The molecule has 1 saturated heterocycles. The Morgan fingerprint density at radius 3 is 2.84 bits per heavy atom. The van der Waals surface area contributed by atoms with Crippen LogP contribution < -0.4 is 0 Å². The average molecular weight is 448 g/mol. The number of carbonyl (C=O) groups is 1. The second-order valence-corrected chi connectivity index (χ2v) is 9.12. The maximum Gasteiger partial charge on any atom is 0.254 e. The molecule has 0 radical (unpaired) electrons. The lowest BCUT2D eigenvalue weighted by Gasteiger charge is -2.33. The summed E-state index contributed by atoms with van der Waals surface area (Å²) in [6.07, 6.45) is 0.327. The summed E-state index contributed by atoms with van der Waals surface area (Å²) in [7, 11) is 0. The zero-order chi connectivity index (χ0) is 22.1. The van der Waals surface area contributed by atoms with E-state index in [1.54, 1.807) is 23.5 Å². The number of nitrogens with zero attached hydrogens (tertiary/aromatic N) is 3. The summed E-state index contributed by atoms with van der Waals surface area (Å²) in [4.78, 5) is 24.2. The molecule has 1 amide bonds. The van der Waals surface area contributed by atoms with Crippen LogP contribution >= 0.6 is 11.3 Å². The summed E-state index contributed by atoms with van der Waals surface area (Å²) in [5.74, 6) is -0.255. The van der Waals surface area contributed by atoms with Gasteiger partial charge in [-0.2, -0.15) is 0 Å². The lowest BCUT2D eigenvalue weighted by atomic mass is 10.1. The van der Waals surface area contributed by atoms with E-state index in [4.69, 9.17) is 9.72 Å². The standard InChI is InChI=1S/C25H22FN3O2S/c1-16-27-22-10-7-18(14-24(22)32-16)25(30)29-11-12-31-23(15-29)21-4-2-3-20(28-21)13-17-5-8-19(26)9-6-17/h2-10,14,23H,11-13,15H2,1H3/t23-/m1/s1. The molecule has 5 nitrogen and oxygen atoms in total. The normalized spacial score (nSPS) is 16.4. The number of benzene rings is 2. The second-order valence-electron chi connectivity index (χ2n) is 7.88. The van der Waals surface area contributed by atoms with E-state index < -0.39 is 0 Å². The number of thiazole rings is 1. The molecule has 0 unspecified atom stereocenters. The number of pyridine rings is 1. The smallest absolute Gasteiger partial charge is 0.254 e. The number of morpholine rings is 1. The molecule has 2 aromatic carbocycles. The number of ether oxygens (including phenoxy) is 1. The summed E-state index contributed by atoms with van der Waals surface area (Å²) < 4.78 is 20.2. The number of halogens is 1. The fourth-order valence-electron chi connectivity index (χ4n) is 3.96. The Hall–Kier alpha value is -3.16. The predicted molar refractivity (Wildman–Crippen MR) is 122 cm³/mol. The number of fused-ring (bicyclic) bond motifs is 1. The minimum atomic E-state index is -0.282. The van der Waals surface area contributed by atoms with Gasteiger partial charge >= 0.3 is 0 Å². The van der Waals surface area contributed by atoms with E-state index in [1.165, 1.54) is 12.1 Å². The molecule has 1 fully saturated rings. The topological polar surface area (TPSA) is 55.3 Å². The number of amides is 1. The van der Waals surface area contributed by atoms with Gasteiger partial charge in [-0.15, -0.1) is 11.3 Å². The molecule has 4 aromatic rings. The van der Waals surface area contributed by atoms with Crippen molar-refractivity contribution < 1.29 is 13.9 Å². The first-order valence-electron chi connectivity index (χ1n) is 10.5. The first-order chi connectivity index (χ1) is 15.5. The van der Waals surface area contributed by atoms with Gasteiger partial charge in [0.1, 0.15) is 11.9 Å². The van der Waals surface area contributed by atoms with Crippen LogP contribution in [0.3, 0.4) is 0 Å². The predicted octanol–water partition coefficient (Wildman–Crippen LogP) is 4.94. The van der Waals surface area contributed by atoms with Gasteiger partial charge in [-0.1, -0.05) is 18.2 Å². The van der Waals surface area contributed by atoms with Crippen molar-refractivity contribution >= 4 is 27.5 Å². The minimum Gasteiger partial charge on any atom is -0.368 e.